The summed E-state index contributed by atoms with van der Waals surface area (Å²) in [5.41, 5.74) is -1.24. The Hall–Kier alpha value is -2.52. The van der Waals surface area contributed by atoms with Gasteiger partial charge in [-0.3, -0.25) is 4.79 Å². The Morgan fingerprint density at radius 2 is 1.90 bits per heavy atom. The molecule has 7 rings (SSSR count). The highest BCUT2D eigenvalue weighted by Crippen LogP contribution is 2.71. The van der Waals surface area contributed by atoms with E-state index in [1.54, 1.807) is 6.92 Å². The fourth-order valence-electron chi connectivity index (χ4n) is 8.66. The molecule has 2 aromatic rings. The lowest BCUT2D eigenvalue weighted by Crippen LogP contribution is -2.74. The lowest BCUT2D eigenvalue weighted by molar-refractivity contribution is -0.351. The van der Waals surface area contributed by atoms with Crippen LogP contribution in [0.3, 0.4) is 0 Å². The predicted molar refractivity (Wildman–Crippen MR) is 142 cm³/mol. The highest BCUT2D eigenvalue weighted by atomic mass is 16.7. The van der Waals surface area contributed by atoms with Crippen molar-refractivity contribution in [2.75, 3.05) is 6.61 Å². The number of nitrogens with one attached hydrogen (secondary N) is 1. The summed E-state index contributed by atoms with van der Waals surface area (Å²) < 4.78 is 18.4. The van der Waals surface area contributed by atoms with Crippen LogP contribution in [0.5, 0.6) is 0 Å². The van der Waals surface area contributed by atoms with Crippen LogP contribution in [-0.2, 0) is 35.6 Å². The summed E-state index contributed by atoms with van der Waals surface area (Å²) in [4.78, 5) is 29.9. The van der Waals surface area contributed by atoms with Crippen molar-refractivity contribution in [3.8, 4) is 0 Å². The van der Waals surface area contributed by atoms with Crippen LogP contribution < -0.4 is 0 Å². The Morgan fingerprint density at radius 1 is 1.15 bits per heavy atom. The molecule has 3 fully saturated rings. The van der Waals surface area contributed by atoms with E-state index >= 15 is 0 Å². The number of carbonyl (C=O) groups excluding carboxylic acids is 2. The Labute approximate surface area is 227 Å². The van der Waals surface area contributed by atoms with E-state index in [4.69, 9.17) is 14.2 Å². The van der Waals surface area contributed by atoms with E-state index in [2.05, 4.69) is 37.0 Å². The fraction of sp³-hybridized carbons (Fsp3) is 0.613. The van der Waals surface area contributed by atoms with Crippen molar-refractivity contribution >= 4 is 22.7 Å². The van der Waals surface area contributed by atoms with Gasteiger partial charge in [0.1, 0.15) is 0 Å². The van der Waals surface area contributed by atoms with Gasteiger partial charge in [0.25, 0.3) is 0 Å². The second-order valence-corrected chi connectivity index (χ2v) is 13.6. The molecule has 1 aromatic carbocycles. The number of para-hydroxylation sites is 1. The lowest BCUT2D eigenvalue weighted by atomic mass is 9.42. The number of H-pyrrole nitrogens is 1. The third kappa shape index (κ3) is 2.93. The number of benzene rings is 1. The van der Waals surface area contributed by atoms with Crippen molar-refractivity contribution in [3.63, 3.8) is 0 Å². The first-order valence-electron chi connectivity index (χ1n) is 14.1. The van der Waals surface area contributed by atoms with Gasteiger partial charge in [-0.25, -0.2) is 4.79 Å². The monoisotopic (exact) mass is 535 g/mol. The fourth-order valence-corrected chi connectivity index (χ4v) is 8.66. The minimum atomic E-state index is -1.73. The van der Waals surface area contributed by atoms with Crippen LogP contribution in [0.25, 0.3) is 10.9 Å². The smallest absolute Gasteiger partial charge is 0.338 e. The van der Waals surface area contributed by atoms with Crippen molar-refractivity contribution < 1.29 is 34.0 Å². The van der Waals surface area contributed by atoms with E-state index in [9.17, 15) is 19.8 Å². The van der Waals surface area contributed by atoms with E-state index < -0.39 is 40.1 Å². The minimum absolute atomic E-state index is 0.0819. The number of carbonyl (C=O) groups is 2. The zero-order valence-electron chi connectivity index (χ0n) is 23.2. The molecule has 7 atom stereocenters. The van der Waals surface area contributed by atoms with Crippen molar-refractivity contribution in [1.29, 1.82) is 0 Å². The molecule has 1 aromatic heterocycles. The van der Waals surface area contributed by atoms with Crippen LogP contribution in [0.1, 0.15) is 71.6 Å². The van der Waals surface area contributed by atoms with E-state index in [-0.39, 0.29) is 17.8 Å². The second-order valence-electron chi connectivity index (χ2n) is 13.6. The molecular weight excluding hydrogens is 498 g/mol. The summed E-state index contributed by atoms with van der Waals surface area (Å²) in [6, 6.07) is 8.38. The zero-order chi connectivity index (χ0) is 27.8. The summed E-state index contributed by atoms with van der Waals surface area (Å²) in [5.74, 6) is -2.11. The first-order valence-corrected chi connectivity index (χ1v) is 14.1. The molecule has 39 heavy (non-hydrogen) atoms. The predicted octanol–water partition coefficient (Wildman–Crippen LogP) is 3.62. The third-order valence-corrected chi connectivity index (χ3v) is 11.1. The Bertz CT molecular complexity index is 1470. The number of fused-ring (bicyclic) bond motifs is 9. The molecule has 7 unspecified atom stereocenters. The quantitative estimate of drug-likeness (QED) is 0.503. The van der Waals surface area contributed by atoms with Crippen molar-refractivity contribution in [2.24, 2.45) is 11.3 Å². The van der Waals surface area contributed by atoms with Gasteiger partial charge < -0.3 is 29.4 Å². The molecule has 8 nitrogen and oxygen atoms in total. The Balaban J connectivity index is 1.31. The summed E-state index contributed by atoms with van der Waals surface area (Å²) in [6.07, 6.45) is 3.79. The number of ketones is 1. The van der Waals surface area contributed by atoms with E-state index in [1.807, 2.05) is 6.07 Å². The van der Waals surface area contributed by atoms with E-state index in [0.29, 0.717) is 30.8 Å². The van der Waals surface area contributed by atoms with E-state index in [0.717, 1.165) is 18.4 Å². The lowest BCUT2D eigenvalue weighted by Gasteiger charge is -2.67. The van der Waals surface area contributed by atoms with Gasteiger partial charge in [-0.2, -0.15) is 0 Å². The van der Waals surface area contributed by atoms with Crippen LogP contribution in [0.4, 0.5) is 0 Å². The Morgan fingerprint density at radius 3 is 2.64 bits per heavy atom. The summed E-state index contributed by atoms with van der Waals surface area (Å²) in [7, 11) is 0. The van der Waals surface area contributed by atoms with Crippen molar-refractivity contribution in [1.82, 2.24) is 4.98 Å². The molecule has 2 aliphatic heterocycles. The van der Waals surface area contributed by atoms with Crippen LogP contribution in [0.2, 0.25) is 0 Å². The molecule has 1 spiro atoms. The maximum Gasteiger partial charge on any atom is 0.338 e. The van der Waals surface area contributed by atoms with Gasteiger partial charge in [-0.15, -0.1) is 0 Å². The maximum atomic E-state index is 13.6. The SMILES string of the molecule is CC(C)(O)C(=O)OC1(C)COC23CCC4(C)C(O)(CCC5Cc6c([nH]c7ccccc67)C54C)C2=CC(=O)C1O3. The topological polar surface area (TPSA) is 118 Å². The average Bonchev–Trinajstić information content (AvgIpc) is 3.39. The molecule has 3 heterocycles. The highest BCUT2D eigenvalue weighted by Gasteiger charge is 2.74. The number of aromatic nitrogens is 1. The van der Waals surface area contributed by atoms with Crippen LogP contribution in [0.15, 0.2) is 35.9 Å². The number of hydrogen-bond donors (Lipinski definition) is 3. The normalized spacial score (nSPS) is 42.7. The van der Waals surface area contributed by atoms with Gasteiger partial charge in [0.2, 0.25) is 0 Å². The second kappa shape index (κ2) is 7.40. The molecule has 5 aliphatic rings. The largest absolute Gasteiger partial charge is 0.451 e. The van der Waals surface area contributed by atoms with Gasteiger partial charge in [0.15, 0.2) is 28.9 Å². The minimum Gasteiger partial charge on any atom is -0.451 e. The van der Waals surface area contributed by atoms with Crippen LogP contribution >= 0.6 is 0 Å². The number of esters is 1. The molecule has 8 heteroatoms. The number of aromatic amines is 1. The van der Waals surface area contributed by atoms with Crippen molar-refractivity contribution in [3.05, 3.63) is 47.2 Å². The molecule has 1 saturated heterocycles. The third-order valence-electron chi connectivity index (χ3n) is 11.1. The summed E-state index contributed by atoms with van der Waals surface area (Å²) in [5, 5.41) is 24.1. The average molecular weight is 536 g/mol. The molecule has 3 N–H and O–H groups in total. The molecular formula is C31H37NO7. The van der Waals surface area contributed by atoms with Gasteiger partial charge >= 0.3 is 5.97 Å². The molecule has 2 saturated carbocycles. The van der Waals surface area contributed by atoms with Gasteiger partial charge in [0, 0.05) is 39.4 Å². The molecule has 0 radical (unpaired) electrons. The van der Waals surface area contributed by atoms with Gasteiger partial charge in [-0.05, 0) is 70.1 Å². The number of rotatable bonds is 2. The maximum absolute atomic E-state index is 13.6. The Kier molecular flexibility index (Phi) is 4.83. The number of aliphatic hydroxyl groups is 2. The first kappa shape index (κ1) is 25.4. The summed E-state index contributed by atoms with van der Waals surface area (Å²) in [6.45, 7) is 8.63. The van der Waals surface area contributed by atoms with Crippen LogP contribution in [-0.4, -0.2) is 62.3 Å². The standard InChI is InChI=1S/C31H37NO7/c1-26(2,35)25(34)39-27(3)16-37-31-13-12-28(4)29(5)17(14-19-18-8-6-7-9-20(18)32-23(19)29)10-11-30(28,36)22(31)15-21(33)24(27)38-31/h6-9,15,17,24,32,35-36H,10-14,16H2,1-5H3. The first-order chi connectivity index (χ1) is 18.2. The summed E-state index contributed by atoms with van der Waals surface area (Å²) >= 11 is 0. The zero-order valence-corrected chi connectivity index (χ0v) is 23.2. The van der Waals surface area contributed by atoms with Gasteiger partial charge in [0.05, 0.1) is 12.2 Å². The molecule has 2 bridgehead atoms. The highest BCUT2D eigenvalue weighted by molar-refractivity contribution is 5.97. The van der Waals surface area contributed by atoms with Crippen molar-refractivity contribution in [2.45, 2.75) is 101 Å². The molecule has 3 aliphatic carbocycles. The van der Waals surface area contributed by atoms with Gasteiger partial charge in [-0.1, -0.05) is 32.0 Å². The molecule has 0 amide bonds. The molecule has 208 valence electrons. The van der Waals surface area contributed by atoms with Crippen LogP contribution in [0, 0.1) is 11.3 Å². The number of ether oxygens (including phenoxy) is 3. The number of hydrogen-bond acceptors (Lipinski definition) is 7. The van der Waals surface area contributed by atoms with E-state index in [1.165, 1.54) is 36.6 Å².